The average Bonchev–Trinajstić information content (AvgIpc) is 2.49. The lowest BCUT2D eigenvalue weighted by molar-refractivity contribution is 0.0561. The number of para-hydroxylation sites is 1. The van der Waals surface area contributed by atoms with Crippen molar-refractivity contribution in [1.82, 2.24) is 4.90 Å². The van der Waals surface area contributed by atoms with E-state index in [1.807, 2.05) is 24.3 Å². The Kier molecular flexibility index (Phi) is 7.59. The highest BCUT2D eigenvalue weighted by Gasteiger charge is 2.15. The van der Waals surface area contributed by atoms with Crippen molar-refractivity contribution in [3.63, 3.8) is 0 Å². The molecule has 4 nitrogen and oxygen atoms in total. The molecule has 1 aromatic rings. The summed E-state index contributed by atoms with van der Waals surface area (Å²) in [5.41, 5.74) is 6.63. The lowest BCUT2D eigenvalue weighted by Crippen LogP contribution is -2.40. The molecule has 4 heteroatoms. The first-order valence-corrected chi connectivity index (χ1v) is 7.45. The highest BCUT2D eigenvalue weighted by Crippen LogP contribution is 2.17. The van der Waals surface area contributed by atoms with Crippen molar-refractivity contribution in [2.75, 3.05) is 19.7 Å². The maximum atomic E-state index is 10.1. The molecule has 0 spiro atoms. The number of hydrogen-bond donors (Lipinski definition) is 2. The third-order valence-electron chi connectivity index (χ3n) is 3.69. The van der Waals surface area contributed by atoms with Gasteiger partial charge in [0, 0.05) is 24.7 Å². The van der Waals surface area contributed by atoms with Crippen LogP contribution >= 0.6 is 0 Å². The summed E-state index contributed by atoms with van der Waals surface area (Å²) in [5.74, 6) is 0.764. The summed E-state index contributed by atoms with van der Waals surface area (Å²) in [4.78, 5) is 2.27. The van der Waals surface area contributed by atoms with E-state index in [4.69, 9.17) is 10.5 Å². The molecule has 0 bridgehead atoms. The molecule has 0 aliphatic rings. The molecule has 0 heterocycles. The Morgan fingerprint density at radius 3 is 2.60 bits per heavy atom. The van der Waals surface area contributed by atoms with Gasteiger partial charge in [0.2, 0.25) is 0 Å². The largest absolute Gasteiger partial charge is 0.491 e. The van der Waals surface area contributed by atoms with Crippen molar-refractivity contribution in [3.05, 3.63) is 29.8 Å². The van der Waals surface area contributed by atoms with Gasteiger partial charge in [-0.1, -0.05) is 32.0 Å². The number of aliphatic hydroxyl groups is 1. The van der Waals surface area contributed by atoms with Gasteiger partial charge in [0.25, 0.3) is 0 Å². The first-order chi connectivity index (χ1) is 9.62. The van der Waals surface area contributed by atoms with E-state index in [-0.39, 0.29) is 0 Å². The maximum absolute atomic E-state index is 10.1. The fourth-order valence-corrected chi connectivity index (χ4v) is 2.20. The van der Waals surface area contributed by atoms with Gasteiger partial charge in [-0.2, -0.15) is 0 Å². The molecule has 0 saturated heterocycles. The summed E-state index contributed by atoms with van der Waals surface area (Å²) in [5, 5.41) is 10.1. The van der Waals surface area contributed by atoms with Crippen LogP contribution in [0.4, 0.5) is 0 Å². The van der Waals surface area contributed by atoms with E-state index < -0.39 is 6.10 Å². The standard InChI is InChI=1S/C16H28N2O2/c1-4-13(3)18(5-2)11-15(19)12-20-16-9-7-6-8-14(16)10-17/h6-9,13,15,19H,4-5,10-12,17H2,1-3H3. The van der Waals surface area contributed by atoms with Crippen LogP contribution in [0.5, 0.6) is 5.75 Å². The Morgan fingerprint density at radius 1 is 1.30 bits per heavy atom. The second-order valence-corrected chi connectivity index (χ2v) is 5.12. The highest BCUT2D eigenvalue weighted by molar-refractivity contribution is 5.32. The van der Waals surface area contributed by atoms with E-state index >= 15 is 0 Å². The quantitative estimate of drug-likeness (QED) is 0.726. The van der Waals surface area contributed by atoms with E-state index in [9.17, 15) is 5.11 Å². The minimum absolute atomic E-state index is 0.296. The van der Waals surface area contributed by atoms with Crippen LogP contribution in [0.25, 0.3) is 0 Å². The minimum Gasteiger partial charge on any atom is -0.491 e. The zero-order valence-electron chi connectivity index (χ0n) is 12.9. The fourth-order valence-electron chi connectivity index (χ4n) is 2.20. The van der Waals surface area contributed by atoms with Crippen LogP contribution < -0.4 is 10.5 Å². The highest BCUT2D eigenvalue weighted by atomic mass is 16.5. The van der Waals surface area contributed by atoms with Gasteiger partial charge < -0.3 is 15.6 Å². The summed E-state index contributed by atoms with van der Waals surface area (Å²) in [6.45, 7) is 8.77. The fraction of sp³-hybridized carbons (Fsp3) is 0.625. The van der Waals surface area contributed by atoms with Crippen molar-refractivity contribution < 1.29 is 9.84 Å². The topological polar surface area (TPSA) is 58.7 Å². The van der Waals surface area contributed by atoms with E-state index in [1.165, 1.54) is 0 Å². The molecule has 2 unspecified atom stereocenters. The van der Waals surface area contributed by atoms with E-state index in [1.54, 1.807) is 0 Å². The number of ether oxygens (including phenoxy) is 1. The summed E-state index contributed by atoms with van der Waals surface area (Å²) in [6.07, 6.45) is 0.590. The Morgan fingerprint density at radius 2 is 2.00 bits per heavy atom. The monoisotopic (exact) mass is 280 g/mol. The SMILES string of the molecule is CCC(C)N(CC)CC(O)COc1ccccc1CN. The average molecular weight is 280 g/mol. The maximum Gasteiger partial charge on any atom is 0.123 e. The van der Waals surface area contributed by atoms with Gasteiger partial charge in [0.15, 0.2) is 0 Å². The molecule has 0 aliphatic carbocycles. The zero-order chi connectivity index (χ0) is 15.0. The molecule has 0 radical (unpaired) electrons. The molecule has 0 amide bonds. The first-order valence-electron chi connectivity index (χ1n) is 7.45. The molecule has 0 aromatic heterocycles. The Hall–Kier alpha value is -1.10. The zero-order valence-corrected chi connectivity index (χ0v) is 12.9. The summed E-state index contributed by atoms with van der Waals surface area (Å²) in [7, 11) is 0. The van der Waals surface area contributed by atoms with E-state index in [2.05, 4.69) is 25.7 Å². The lowest BCUT2D eigenvalue weighted by atomic mass is 10.2. The number of nitrogens with zero attached hydrogens (tertiary/aromatic N) is 1. The van der Waals surface area contributed by atoms with Crippen LogP contribution in [0.2, 0.25) is 0 Å². The van der Waals surface area contributed by atoms with Crippen LogP contribution in [0, 0.1) is 0 Å². The third kappa shape index (κ3) is 5.12. The molecule has 3 N–H and O–H groups in total. The predicted octanol–water partition coefficient (Wildman–Crippen LogP) is 2.01. The van der Waals surface area contributed by atoms with Crippen LogP contribution in [-0.2, 0) is 6.54 Å². The van der Waals surface area contributed by atoms with Crippen molar-refractivity contribution in [2.24, 2.45) is 5.73 Å². The van der Waals surface area contributed by atoms with Crippen LogP contribution in [0.15, 0.2) is 24.3 Å². The van der Waals surface area contributed by atoms with Gasteiger partial charge in [-0.3, -0.25) is 4.90 Å². The molecule has 0 saturated carbocycles. The van der Waals surface area contributed by atoms with Crippen LogP contribution in [-0.4, -0.2) is 41.8 Å². The summed E-state index contributed by atoms with van der Waals surface area (Å²) < 4.78 is 5.69. The van der Waals surface area contributed by atoms with Crippen molar-refractivity contribution in [1.29, 1.82) is 0 Å². The van der Waals surface area contributed by atoms with E-state index in [0.717, 1.165) is 24.3 Å². The Balaban J connectivity index is 2.48. The second-order valence-electron chi connectivity index (χ2n) is 5.12. The first kappa shape index (κ1) is 17.0. The van der Waals surface area contributed by atoms with Crippen LogP contribution in [0.1, 0.15) is 32.8 Å². The van der Waals surface area contributed by atoms with Crippen LogP contribution in [0.3, 0.4) is 0 Å². The molecule has 2 atom stereocenters. The number of aliphatic hydroxyl groups excluding tert-OH is 1. The van der Waals surface area contributed by atoms with E-state index in [0.29, 0.717) is 25.7 Å². The van der Waals surface area contributed by atoms with Gasteiger partial charge in [0.05, 0.1) is 0 Å². The number of benzene rings is 1. The van der Waals surface area contributed by atoms with Crippen molar-refractivity contribution >= 4 is 0 Å². The second kappa shape index (κ2) is 8.95. The van der Waals surface area contributed by atoms with Gasteiger partial charge in [-0.25, -0.2) is 0 Å². The number of likely N-dealkylation sites (N-methyl/N-ethyl adjacent to an activating group) is 1. The molecule has 0 fully saturated rings. The summed E-state index contributed by atoms with van der Waals surface area (Å²) in [6, 6.07) is 8.16. The molecule has 20 heavy (non-hydrogen) atoms. The lowest BCUT2D eigenvalue weighted by Gasteiger charge is -2.29. The summed E-state index contributed by atoms with van der Waals surface area (Å²) >= 11 is 0. The Bertz CT molecular complexity index is 384. The molecule has 0 aliphatic heterocycles. The smallest absolute Gasteiger partial charge is 0.123 e. The third-order valence-corrected chi connectivity index (χ3v) is 3.69. The minimum atomic E-state index is -0.491. The molecule has 114 valence electrons. The molecular weight excluding hydrogens is 252 g/mol. The van der Waals surface area contributed by atoms with Crippen molar-refractivity contribution in [2.45, 2.75) is 45.9 Å². The number of nitrogens with two attached hydrogens (primary N) is 1. The van der Waals surface area contributed by atoms with Gasteiger partial charge in [0.1, 0.15) is 18.5 Å². The van der Waals surface area contributed by atoms with Gasteiger partial charge >= 0.3 is 0 Å². The van der Waals surface area contributed by atoms with Gasteiger partial charge in [-0.15, -0.1) is 0 Å². The number of hydrogen-bond acceptors (Lipinski definition) is 4. The predicted molar refractivity (Wildman–Crippen MR) is 82.8 cm³/mol. The normalized spacial score (nSPS) is 14.3. The van der Waals surface area contributed by atoms with Gasteiger partial charge in [-0.05, 0) is 26.0 Å². The Labute approximate surface area is 122 Å². The van der Waals surface area contributed by atoms with Crippen molar-refractivity contribution in [3.8, 4) is 5.75 Å². The molecule has 1 rings (SSSR count). The molecular formula is C16H28N2O2. The number of rotatable bonds is 9. The molecule has 1 aromatic carbocycles.